The Morgan fingerprint density at radius 1 is 0.871 bits per heavy atom. The van der Waals surface area contributed by atoms with Crippen molar-refractivity contribution in [2.75, 3.05) is 0 Å². The monoisotopic (exact) mass is 436 g/mol. The lowest BCUT2D eigenvalue weighted by atomic mass is 10.0. The Bertz CT molecular complexity index is 1250. The Morgan fingerprint density at radius 3 is 2.23 bits per heavy atom. The lowest BCUT2D eigenvalue weighted by molar-refractivity contribution is -0.137. The summed E-state index contributed by atoms with van der Waals surface area (Å²) >= 11 is 1.39. The predicted molar refractivity (Wildman–Crippen MR) is 120 cm³/mol. The van der Waals surface area contributed by atoms with Gasteiger partial charge >= 0.3 is 6.18 Å². The minimum absolute atomic E-state index is 0.264. The van der Waals surface area contributed by atoms with Crippen LogP contribution in [0.1, 0.15) is 5.56 Å². The topological polar surface area (TPSA) is 17.3 Å². The Morgan fingerprint density at radius 2 is 1.55 bits per heavy atom. The molecule has 0 fully saturated rings. The van der Waals surface area contributed by atoms with Crippen molar-refractivity contribution in [1.29, 1.82) is 0 Å². The molecule has 4 rings (SSSR count). The van der Waals surface area contributed by atoms with E-state index >= 15 is 0 Å². The van der Waals surface area contributed by atoms with Gasteiger partial charge in [0.15, 0.2) is 4.80 Å². The SMILES string of the molecule is C=CCn1c(-c2ccc(-c3ccccc3)cc2)csc1=Nc1cccc(C(F)(F)F)c1. The van der Waals surface area contributed by atoms with E-state index in [0.717, 1.165) is 34.5 Å². The first-order valence-corrected chi connectivity index (χ1v) is 10.5. The number of alkyl halides is 3. The van der Waals surface area contributed by atoms with E-state index in [4.69, 9.17) is 0 Å². The quantitative estimate of drug-likeness (QED) is 0.292. The normalized spacial score (nSPS) is 12.2. The van der Waals surface area contributed by atoms with Crippen LogP contribution >= 0.6 is 11.3 Å². The first-order valence-electron chi connectivity index (χ1n) is 9.63. The van der Waals surface area contributed by atoms with E-state index in [-0.39, 0.29) is 5.69 Å². The van der Waals surface area contributed by atoms with Crippen LogP contribution in [0.2, 0.25) is 0 Å². The molecule has 31 heavy (non-hydrogen) atoms. The standard InChI is InChI=1S/C25H19F3N2S/c1-2-15-30-23(20-13-11-19(12-14-20)18-7-4-3-5-8-18)17-31-24(30)29-22-10-6-9-21(16-22)25(26,27)28/h2-14,16-17H,1,15H2. The highest BCUT2D eigenvalue weighted by atomic mass is 32.1. The van der Waals surface area contributed by atoms with Crippen molar-refractivity contribution in [2.24, 2.45) is 4.99 Å². The minimum Gasteiger partial charge on any atom is -0.313 e. The second kappa shape index (κ2) is 8.78. The van der Waals surface area contributed by atoms with Gasteiger partial charge in [0.05, 0.1) is 16.9 Å². The number of allylic oxidation sites excluding steroid dienone is 1. The molecule has 4 aromatic rings. The summed E-state index contributed by atoms with van der Waals surface area (Å²) in [5.74, 6) is 0. The van der Waals surface area contributed by atoms with Crippen molar-refractivity contribution in [1.82, 2.24) is 4.57 Å². The van der Waals surface area contributed by atoms with Crippen molar-refractivity contribution < 1.29 is 13.2 Å². The van der Waals surface area contributed by atoms with E-state index in [1.165, 1.54) is 17.4 Å². The number of nitrogens with zero attached hydrogens (tertiary/aromatic N) is 2. The van der Waals surface area contributed by atoms with Crippen molar-refractivity contribution in [3.63, 3.8) is 0 Å². The van der Waals surface area contributed by atoms with E-state index < -0.39 is 11.7 Å². The number of thiazole rings is 1. The van der Waals surface area contributed by atoms with Gasteiger partial charge in [0, 0.05) is 11.9 Å². The fourth-order valence-electron chi connectivity index (χ4n) is 3.28. The maximum Gasteiger partial charge on any atom is 0.416 e. The molecule has 6 heteroatoms. The first-order chi connectivity index (χ1) is 15.0. The third-order valence-electron chi connectivity index (χ3n) is 4.80. The molecule has 0 atom stereocenters. The minimum atomic E-state index is -4.40. The van der Waals surface area contributed by atoms with Crippen LogP contribution in [-0.2, 0) is 12.7 Å². The third-order valence-corrected chi connectivity index (χ3v) is 5.66. The third kappa shape index (κ3) is 4.70. The highest BCUT2D eigenvalue weighted by Gasteiger charge is 2.30. The molecule has 0 unspecified atom stereocenters. The van der Waals surface area contributed by atoms with Crippen LogP contribution in [0.5, 0.6) is 0 Å². The number of hydrogen-bond acceptors (Lipinski definition) is 2. The molecule has 0 saturated heterocycles. The van der Waals surface area contributed by atoms with Crippen LogP contribution in [0.4, 0.5) is 18.9 Å². The first kappa shape index (κ1) is 20.9. The van der Waals surface area contributed by atoms with Gasteiger partial charge in [-0.1, -0.05) is 66.7 Å². The van der Waals surface area contributed by atoms with Crippen molar-refractivity contribution >= 4 is 17.0 Å². The lowest BCUT2D eigenvalue weighted by Crippen LogP contribution is -2.14. The predicted octanol–water partition coefficient (Wildman–Crippen LogP) is 7.32. The smallest absolute Gasteiger partial charge is 0.313 e. The van der Waals surface area contributed by atoms with E-state index in [0.29, 0.717) is 11.3 Å². The molecular weight excluding hydrogens is 417 g/mol. The van der Waals surface area contributed by atoms with Gasteiger partial charge in [0.25, 0.3) is 0 Å². The van der Waals surface area contributed by atoms with Crippen LogP contribution in [0.15, 0.2) is 102 Å². The molecule has 2 nitrogen and oxygen atoms in total. The maximum atomic E-state index is 13.0. The molecule has 0 N–H and O–H groups in total. The number of benzene rings is 3. The summed E-state index contributed by atoms with van der Waals surface area (Å²) in [6.45, 7) is 4.31. The Balaban J connectivity index is 1.73. The molecule has 0 saturated carbocycles. The molecule has 1 heterocycles. The van der Waals surface area contributed by atoms with Crippen LogP contribution in [0.25, 0.3) is 22.4 Å². The molecule has 0 aliphatic rings. The second-order valence-corrected chi connectivity index (χ2v) is 7.74. The van der Waals surface area contributed by atoms with Gasteiger partial charge in [-0.25, -0.2) is 4.99 Å². The molecule has 0 aliphatic carbocycles. The summed E-state index contributed by atoms with van der Waals surface area (Å²) in [6, 6.07) is 23.4. The Hall–Kier alpha value is -3.38. The highest BCUT2D eigenvalue weighted by molar-refractivity contribution is 7.07. The van der Waals surface area contributed by atoms with Crippen LogP contribution < -0.4 is 4.80 Å². The zero-order valence-corrected chi connectivity index (χ0v) is 17.3. The van der Waals surface area contributed by atoms with Crippen LogP contribution in [0, 0.1) is 0 Å². The number of aromatic nitrogens is 1. The Kier molecular flexibility index (Phi) is 5.91. The average Bonchev–Trinajstić information content (AvgIpc) is 3.16. The van der Waals surface area contributed by atoms with Gasteiger partial charge in [0.2, 0.25) is 0 Å². The largest absolute Gasteiger partial charge is 0.416 e. The highest BCUT2D eigenvalue weighted by Crippen LogP contribution is 2.31. The zero-order chi connectivity index (χ0) is 21.8. The van der Waals surface area contributed by atoms with Gasteiger partial charge < -0.3 is 4.57 Å². The summed E-state index contributed by atoms with van der Waals surface area (Å²) in [6.07, 6.45) is -2.65. The summed E-state index contributed by atoms with van der Waals surface area (Å²) < 4.78 is 41.0. The van der Waals surface area contributed by atoms with Crippen LogP contribution in [-0.4, -0.2) is 4.57 Å². The molecule has 3 aromatic carbocycles. The molecular formula is C25H19F3N2S. The summed E-state index contributed by atoms with van der Waals surface area (Å²) in [5, 5.41) is 1.97. The molecule has 0 aliphatic heterocycles. The van der Waals surface area contributed by atoms with Gasteiger partial charge in [-0.05, 0) is 34.9 Å². The van der Waals surface area contributed by atoms with E-state index in [9.17, 15) is 13.2 Å². The number of rotatable bonds is 5. The van der Waals surface area contributed by atoms with Crippen LogP contribution in [0.3, 0.4) is 0 Å². The van der Waals surface area contributed by atoms with Gasteiger partial charge in [-0.15, -0.1) is 17.9 Å². The lowest BCUT2D eigenvalue weighted by Gasteiger charge is -2.09. The van der Waals surface area contributed by atoms with Gasteiger partial charge in [0.1, 0.15) is 0 Å². The molecule has 0 spiro atoms. The summed E-state index contributed by atoms with van der Waals surface area (Å²) in [5.41, 5.74) is 3.75. The molecule has 0 bridgehead atoms. The number of hydrogen-bond donors (Lipinski definition) is 0. The van der Waals surface area contributed by atoms with Crippen molar-refractivity contribution in [3.05, 3.63) is 107 Å². The fraction of sp³-hybridized carbons (Fsp3) is 0.0800. The second-order valence-electron chi connectivity index (χ2n) is 6.91. The Labute approximate surface area is 182 Å². The van der Waals surface area contributed by atoms with E-state index in [1.807, 2.05) is 40.3 Å². The van der Waals surface area contributed by atoms with Gasteiger partial charge in [-0.2, -0.15) is 13.2 Å². The number of halogens is 3. The molecule has 0 radical (unpaired) electrons. The zero-order valence-electron chi connectivity index (χ0n) is 16.5. The average molecular weight is 437 g/mol. The maximum absolute atomic E-state index is 13.0. The molecule has 156 valence electrons. The van der Waals surface area contributed by atoms with E-state index in [2.05, 4.69) is 35.8 Å². The van der Waals surface area contributed by atoms with Crippen molar-refractivity contribution in [3.8, 4) is 22.4 Å². The fourth-order valence-corrected chi connectivity index (χ4v) is 4.22. The van der Waals surface area contributed by atoms with Crippen molar-refractivity contribution in [2.45, 2.75) is 12.7 Å². The molecule has 1 aromatic heterocycles. The van der Waals surface area contributed by atoms with E-state index in [1.54, 1.807) is 12.1 Å². The molecule has 0 amide bonds. The summed E-state index contributed by atoms with van der Waals surface area (Å²) in [7, 11) is 0. The van der Waals surface area contributed by atoms with Gasteiger partial charge in [-0.3, -0.25) is 0 Å². The summed E-state index contributed by atoms with van der Waals surface area (Å²) in [4.78, 5) is 5.09.